The zero-order valence-electron chi connectivity index (χ0n) is 16.4. The number of hydrogen-bond acceptors (Lipinski definition) is 7. The van der Waals surface area contributed by atoms with E-state index in [1.165, 1.54) is 24.4 Å². The number of piperidine rings is 1. The zero-order valence-corrected chi connectivity index (χ0v) is 17.2. The van der Waals surface area contributed by atoms with Gasteiger partial charge in [-0.3, -0.25) is 0 Å². The van der Waals surface area contributed by atoms with Crippen LogP contribution in [0.15, 0.2) is 30.3 Å². The summed E-state index contributed by atoms with van der Waals surface area (Å²) in [6, 6.07) is 10.2. The lowest BCUT2D eigenvalue weighted by Crippen LogP contribution is -2.34. The van der Waals surface area contributed by atoms with Gasteiger partial charge in [0.15, 0.2) is 5.82 Å². The first kappa shape index (κ1) is 18.9. The first-order chi connectivity index (χ1) is 13.7. The highest BCUT2D eigenvalue weighted by molar-refractivity contribution is 7.13. The zero-order chi connectivity index (χ0) is 19.3. The van der Waals surface area contributed by atoms with E-state index >= 15 is 0 Å². The Hall–Kier alpha value is -2.41. The maximum absolute atomic E-state index is 6.01. The first-order valence-corrected chi connectivity index (χ1v) is 10.7. The van der Waals surface area contributed by atoms with Crippen LogP contribution in [0.4, 0.5) is 5.82 Å². The van der Waals surface area contributed by atoms with Gasteiger partial charge in [-0.15, -0.1) is 5.10 Å². The Kier molecular flexibility index (Phi) is 5.90. The number of hydrogen-bond donors (Lipinski definition) is 0. The van der Waals surface area contributed by atoms with Crippen molar-refractivity contribution in [3.8, 4) is 11.6 Å². The van der Waals surface area contributed by atoms with E-state index in [4.69, 9.17) is 9.47 Å². The molecule has 0 unspecified atom stereocenters. The van der Waals surface area contributed by atoms with Crippen LogP contribution in [0.2, 0.25) is 0 Å². The second-order valence-corrected chi connectivity index (χ2v) is 7.98. The highest BCUT2D eigenvalue weighted by Crippen LogP contribution is 2.32. The fourth-order valence-corrected chi connectivity index (χ4v) is 4.33. The third-order valence-electron chi connectivity index (χ3n) is 5.21. The van der Waals surface area contributed by atoms with Crippen molar-refractivity contribution < 1.29 is 9.47 Å². The summed E-state index contributed by atoms with van der Waals surface area (Å²) in [5, 5.41) is 9.53. The van der Waals surface area contributed by atoms with Gasteiger partial charge in [-0.1, -0.05) is 0 Å². The van der Waals surface area contributed by atoms with Crippen molar-refractivity contribution in [3.63, 3.8) is 0 Å². The fraction of sp³-hybridized carbons (Fsp3) is 0.476. The lowest BCUT2D eigenvalue weighted by Gasteiger charge is -2.32. The molecule has 0 spiro atoms. The van der Waals surface area contributed by atoms with Crippen LogP contribution < -0.4 is 14.4 Å². The van der Waals surface area contributed by atoms with Gasteiger partial charge in [0, 0.05) is 13.1 Å². The van der Waals surface area contributed by atoms with Crippen molar-refractivity contribution >= 4 is 27.4 Å². The van der Waals surface area contributed by atoms with E-state index in [0.717, 1.165) is 59.3 Å². The maximum atomic E-state index is 6.01. The van der Waals surface area contributed by atoms with E-state index in [1.54, 1.807) is 0 Å². The molecule has 1 saturated heterocycles. The summed E-state index contributed by atoms with van der Waals surface area (Å²) in [6.07, 6.45) is 3.42. The number of nitrogens with zero attached hydrogens (tertiary/aromatic N) is 4. The van der Waals surface area contributed by atoms with Crippen molar-refractivity contribution in [1.82, 2.24) is 14.6 Å². The average molecular weight is 399 g/mol. The van der Waals surface area contributed by atoms with Gasteiger partial charge in [-0.2, -0.15) is 9.47 Å². The number of fused-ring (bicyclic) bond motifs is 1. The Morgan fingerprint density at radius 2 is 1.96 bits per heavy atom. The standard InChI is InChI=1S/C21H26N4O2S/c1-3-26-21-18-6-5-17(14-19(18)28-24-21)27-13-10-16-8-11-25(12-9-16)20-7-4-15(2)22-23-20/h4-7,14,16H,3,8-13H2,1-2H3. The van der Waals surface area contributed by atoms with Crippen LogP contribution in [-0.4, -0.2) is 40.9 Å². The lowest BCUT2D eigenvalue weighted by molar-refractivity contribution is 0.258. The van der Waals surface area contributed by atoms with Crippen LogP contribution in [0.3, 0.4) is 0 Å². The Balaban J connectivity index is 1.24. The molecule has 6 nitrogen and oxygen atoms in total. The van der Waals surface area contributed by atoms with Crippen LogP contribution in [0.1, 0.15) is 31.9 Å². The van der Waals surface area contributed by atoms with Crippen molar-refractivity contribution in [2.75, 3.05) is 31.2 Å². The SMILES string of the molecule is CCOc1nsc2cc(OCCC3CCN(c4ccc(C)nn4)CC3)ccc12. The normalized spacial score (nSPS) is 15.1. The molecule has 1 fully saturated rings. The molecule has 0 N–H and O–H groups in total. The Morgan fingerprint density at radius 3 is 2.71 bits per heavy atom. The van der Waals surface area contributed by atoms with Gasteiger partial charge >= 0.3 is 0 Å². The molecule has 148 valence electrons. The molecular weight excluding hydrogens is 372 g/mol. The molecule has 1 aliphatic heterocycles. The Bertz CT molecular complexity index is 904. The van der Waals surface area contributed by atoms with Crippen LogP contribution >= 0.6 is 11.5 Å². The summed E-state index contributed by atoms with van der Waals surface area (Å²) in [5.41, 5.74) is 0.960. The smallest absolute Gasteiger partial charge is 0.233 e. The van der Waals surface area contributed by atoms with E-state index in [-0.39, 0.29) is 0 Å². The number of aryl methyl sites for hydroxylation is 1. The summed E-state index contributed by atoms with van der Waals surface area (Å²) < 4.78 is 17.0. The van der Waals surface area contributed by atoms with Gasteiger partial charge in [-0.05, 0) is 80.9 Å². The number of anilines is 1. The summed E-state index contributed by atoms with van der Waals surface area (Å²) >= 11 is 1.46. The molecule has 28 heavy (non-hydrogen) atoms. The van der Waals surface area contributed by atoms with E-state index in [9.17, 15) is 0 Å². The topological polar surface area (TPSA) is 60.4 Å². The summed E-state index contributed by atoms with van der Waals surface area (Å²) in [5.74, 6) is 3.32. The quantitative estimate of drug-likeness (QED) is 0.585. The Labute approximate surface area is 169 Å². The molecule has 7 heteroatoms. The number of rotatable bonds is 7. The van der Waals surface area contributed by atoms with Gasteiger partial charge in [0.25, 0.3) is 0 Å². The average Bonchev–Trinajstić information content (AvgIpc) is 3.12. The van der Waals surface area contributed by atoms with Crippen molar-refractivity contribution in [3.05, 3.63) is 36.0 Å². The molecule has 0 radical (unpaired) electrons. The molecule has 0 aliphatic carbocycles. The number of aromatic nitrogens is 3. The van der Waals surface area contributed by atoms with Crippen LogP contribution in [0.25, 0.3) is 10.1 Å². The number of ether oxygens (including phenoxy) is 2. The predicted molar refractivity (Wildman–Crippen MR) is 113 cm³/mol. The van der Waals surface area contributed by atoms with Crippen molar-refractivity contribution in [2.45, 2.75) is 33.1 Å². The third kappa shape index (κ3) is 4.35. The van der Waals surface area contributed by atoms with E-state index in [2.05, 4.69) is 31.6 Å². The molecule has 3 aromatic rings. The van der Waals surface area contributed by atoms with Crippen molar-refractivity contribution in [2.24, 2.45) is 5.92 Å². The molecule has 0 bridgehead atoms. The second kappa shape index (κ2) is 8.73. The van der Waals surface area contributed by atoms with Gasteiger partial charge in [-0.25, -0.2) is 0 Å². The first-order valence-electron chi connectivity index (χ1n) is 9.93. The van der Waals surface area contributed by atoms with Crippen molar-refractivity contribution in [1.29, 1.82) is 0 Å². The van der Waals surface area contributed by atoms with E-state index in [0.29, 0.717) is 12.5 Å². The minimum atomic E-state index is 0.631. The molecule has 0 atom stereocenters. The lowest BCUT2D eigenvalue weighted by atomic mass is 9.94. The van der Waals surface area contributed by atoms with Crippen LogP contribution in [0, 0.1) is 12.8 Å². The summed E-state index contributed by atoms with van der Waals surface area (Å²) in [7, 11) is 0. The number of benzene rings is 1. The monoisotopic (exact) mass is 398 g/mol. The maximum Gasteiger partial charge on any atom is 0.233 e. The van der Waals surface area contributed by atoms with Gasteiger partial charge in [0.05, 0.1) is 29.0 Å². The van der Waals surface area contributed by atoms with Gasteiger partial charge in [0.1, 0.15) is 5.75 Å². The molecular formula is C21H26N4O2S. The largest absolute Gasteiger partial charge is 0.494 e. The molecule has 3 heterocycles. The van der Waals surface area contributed by atoms with Gasteiger partial charge in [0.2, 0.25) is 5.88 Å². The molecule has 0 saturated carbocycles. The summed E-state index contributed by atoms with van der Waals surface area (Å²) in [6.45, 7) is 7.39. The molecule has 1 aliphatic rings. The minimum Gasteiger partial charge on any atom is -0.494 e. The fourth-order valence-electron chi connectivity index (χ4n) is 3.58. The third-order valence-corrected chi connectivity index (χ3v) is 6.00. The van der Waals surface area contributed by atoms with E-state index < -0.39 is 0 Å². The minimum absolute atomic E-state index is 0.631. The molecule has 4 rings (SSSR count). The van der Waals surface area contributed by atoms with Crippen LogP contribution in [0.5, 0.6) is 11.6 Å². The molecule has 1 aromatic carbocycles. The molecule has 2 aromatic heterocycles. The Morgan fingerprint density at radius 1 is 1.11 bits per heavy atom. The highest BCUT2D eigenvalue weighted by Gasteiger charge is 2.20. The highest BCUT2D eigenvalue weighted by atomic mass is 32.1. The van der Waals surface area contributed by atoms with Gasteiger partial charge < -0.3 is 14.4 Å². The van der Waals surface area contributed by atoms with E-state index in [1.807, 2.05) is 32.0 Å². The predicted octanol–water partition coefficient (Wildman–Crippen LogP) is 4.48. The molecule has 0 amide bonds. The summed E-state index contributed by atoms with van der Waals surface area (Å²) in [4.78, 5) is 2.33. The second-order valence-electron chi connectivity index (χ2n) is 7.18. The van der Waals surface area contributed by atoms with Crippen LogP contribution in [-0.2, 0) is 0 Å².